The third-order valence-corrected chi connectivity index (χ3v) is 11.8. The predicted octanol–water partition coefficient (Wildman–Crippen LogP) is 16.4. The van der Waals surface area contributed by atoms with Crippen molar-refractivity contribution in [1.82, 2.24) is 4.90 Å². The number of fused-ring (bicyclic) bond motifs is 2. The summed E-state index contributed by atoms with van der Waals surface area (Å²) in [7, 11) is 0. The fourth-order valence-electron chi connectivity index (χ4n) is 7.68. The SMILES string of the molecule is C/C=C\CC.C=C.C=C/C1=C(\C=C)N(c2ccc(C(=N)SC(=N)c3ccc(N4c5ccccc5N(C(=C)CC)c5ccccc54)cc3)cc2)C/C=C\CC/C=C\CN1C1=CCC=CC=C1. The van der Waals surface area contributed by atoms with Crippen LogP contribution in [0, 0.1) is 10.8 Å². The molecule has 0 bridgehead atoms. The molecule has 2 heterocycles. The van der Waals surface area contributed by atoms with Crippen LogP contribution < -0.4 is 14.7 Å². The van der Waals surface area contributed by atoms with Gasteiger partial charge in [0.05, 0.1) is 34.1 Å². The standard InChI is InChI=1S/C51H50N6S.C5H10.C2H4/c1-5-38(4)56-46-24-16-18-26-48(46)57(49-27-19-17-25-47(49)56)43-34-30-40(31-35-43)51(53)58-50(52)39-28-32-42(33-29-39)55-37-21-13-9-8-12-20-36-54(44(6-2)45(55)7-3)41-22-14-10-11-15-23-41;1-3-5-4-2;1-2/h6-7,10-14,16-35,52-53H,2-5,8-9,15,36-37H2,1H3;3,5H,4H2,1-2H3;1-2H2/b20-12-,21-13-,45-44-,52-50?,53-51?;5-3-;. The molecule has 0 amide bonds. The first-order valence-corrected chi connectivity index (χ1v) is 23.2. The van der Waals surface area contributed by atoms with Gasteiger partial charge in [-0.2, -0.15) is 0 Å². The van der Waals surface area contributed by atoms with Gasteiger partial charge in [0, 0.05) is 47.0 Å². The normalized spacial score (nSPS) is 16.7. The number of anilines is 6. The number of hydrogen-bond donors (Lipinski definition) is 2. The summed E-state index contributed by atoms with van der Waals surface area (Å²) in [6.45, 7) is 26.6. The molecule has 0 aromatic heterocycles. The molecule has 2 N–H and O–H groups in total. The molecule has 0 unspecified atom stereocenters. The van der Waals surface area contributed by atoms with E-state index in [4.69, 9.17) is 10.8 Å². The molecule has 2 aliphatic heterocycles. The van der Waals surface area contributed by atoms with Gasteiger partial charge in [-0.15, -0.1) is 13.2 Å². The molecule has 0 saturated heterocycles. The zero-order valence-corrected chi connectivity index (χ0v) is 39.2. The average molecular weight is 877 g/mol. The lowest BCUT2D eigenvalue weighted by atomic mass is 10.0. The molecule has 0 atom stereocenters. The van der Waals surface area contributed by atoms with Crippen molar-refractivity contribution in [2.45, 2.75) is 52.9 Å². The van der Waals surface area contributed by atoms with Gasteiger partial charge in [0.2, 0.25) is 0 Å². The van der Waals surface area contributed by atoms with Crippen molar-refractivity contribution in [3.05, 3.63) is 243 Å². The molecule has 4 aromatic carbocycles. The van der Waals surface area contributed by atoms with Crippen LogP contribution in [0.5, 0.6) is 0 Å². The first-order valence-electron chi connectivity index (χ1n) is 22.4. The Labute approximate surface area is 393 Å². The number of benzene rings is 4. The zero-order valence-electron chi connectivity index (χ0n) is 38.4. The highest BCUT2D eigenvalue weighted by atomic mass is 32.2. The monoisotopic (exact) mass is 876 g/mol. The minimum atomic E-state index is 0.314. The van der Waals surface area contributed by atoms with E-state index < -0.39 is 0 Å². The smallest absolute Gasteiger partial charge is 0.100 e. The quantitative estimate of drug-likeness (QED) is 0.0944. The first kappa shape index (κ1) is 48.9. The minimum absolute atomic E-state index is 0.314. The molecule has 4 aromatic rings. The van der Waals surface area contributed by atoms with E-state index in [1.165, 1.54) is 0 Å². The molecule has 3 aliphatic rings. The van der Waals surface area contributed by atoms with E-state index in [9.17, 15) is 0 Å². The van der Waals surface area contributed by atoms with E-state index in [1.54, 1.807) is 0 Å². The van der Waals surface area contributed by atoms with Crippen LogP contribution in [0.4, 0.5) is 34.1 Å². The van der Waals surface area contributed by atoms with Crippen LogP contribution in [0.15, 0.2) is 232 Å². The van der Waals surface area contributed by atoms with E-state index in [1.807, 2.05) is 43.3 Å². The molecule has 6 nitrogen and oxygen atoms in total. The fourth-order valence-corrected chi connectivity index (χ4v) is 8.39. The van der Waals surface area contributed by atoms with Crippen LogP contribution in [-0.2, 0) is 0 Å². The summed E-state index contributed by atoms with van der Waals surface area (Å²) in [4.78, 5) is 9.07. The van der Waals surface area contributed by atoms with Crippen molar-refractivity contribution in [3.8, 4) is 0 Å². The molecular weight excluding hydrogens is 813 g/mol. The molecule has 0 radical (unpaired) electrons. The van der Waals surface area contributed by atoms with E-state index in [0.717, 1.165) is 112 Å². The van der Waals surface area contributed by atoms with Crippen molar-refractivity contribution in [3.63, 3.8) is 0 Å². The van der Waals surface area contributed by atoms with Gasteiger partial charge >= 0.3 is 0 Å². The summed E-state index contributed by atoms with van der Waals surface area (Å²) < 4.78 is 0. The predicted molar refractivity (Wildman–Crippen MR) is 287 cm³/mol. The van der Waals surface area contributed by atoms with E-state index in [2.05, 4.69) is 206 Å². The molecule has 0 saturated carbocycles. The number of para-hydroxylation sites is 4. The van der Waals surface area contributed by atoms with Crippen molar-refractivity contribution in [1.29, 1.82) is 10.8 Å². The van der Waals surface area contributed by atoms with Gasteiger partial charge in [-0.25, -0.2) is 0 Å². The van der Waals surface area contributed by atoms with Gasteiger partial charge < -0.3 is 19.6 Å². The second-order valence-electron chi connectivity index (χ2n) is 15.0. The number of hydrogen-bond acceptors (Lipinski definition) is 7. The molecule has 0 fully saturated rings. The lowest BCUT2D eigenvalue weighted by Crippen LogP contribution is -2.29. The second-order valence-corrected chi connectivity index (χ2v) is 16.0. The molecule has 1 aliphatic carbocycles. The van der Waals surface area contributed by atoms with Crippen LogP contribution >= 0.6 is 11.8 Å². The van der Waals surface area contributed by atoms with Gasteiger partial charge in [-0.1, -0.05) is 155 Å². The molecule has 0 spiro atoms. The van der Waals surface area contributed by atoms with Gasteiger partial charge in [0.1, 0.15) is 10.1 Å². The van der Waals surface area contributed by atoms with Crippen LogP contribution in [-0.4, -0.2) is 28.1 Å². The van der Waals surface area contributed by atoms with Crippen molar-refractivity contribution in [2.75, 3.05) is 27.8 Å². The molecule has 7 rings (SSSR count). The van der Waals surface area contributed by atoms with E-state index in [0.29, 0.717) is 23.2 Å². The average Bonchev–Trinajstić information content (AvgIpc) is 3.64. The summed E-state index contributed by atoms with van der Waals surface area (Å²) >= 11 is 1.16. The number of allylic oxidation sites excluding steroid dienone is 12. The largest absolute Gasteiger partial charge is 0.336 e. The summed E-state index contributed by atoms with van der Waals surface area (Å²) in [6.07, 6.45) is 32.4. The highest BCUT2D eigenvalue weighted by Gasteiger charge is 2.30. The summed E-state index contributed by atoms with van der Waals surface area (Å²) in [5.74, 6) is 0. The van der Waals surface area contributed by atoms with Gasteiger partial charge in [0.15, 0.2) is 0 Å². The van der Waals surface area contributed by atoms with Crippen LogP contribution in [0.2, 0.25) is 0 Å². The highest BCUT2D eigenvalue weighted by molar-refractivity contribution is 8.27. The Balaban J connectivity index is 0.00000106. The Morgan fingerprint density at radius 1 is 0.646 bits per heavy atom. The van der Waals surface area contributed by atoms with Crippen LogP contribution in [0.3, 0.4) is 0 Å². The molecule has 332 valence electrons. The molecular formula is C58H64N6S. The number of thioether (sulfide) groups is 1. The Morgan fingerprint density at radius 3 is 1.65 bits per heavy atom. The van der Waals surface area contributed by atoms with Crippen molar-refractivity contribution < 1.29 is 0 Å². The lowest BCUT2D eigenvalue weighted by molar-refractivity contribution is 0.494. The summed E-state index contributed by atoms with van der Waals surface area (Å²) in [5, 5.41) is 18.7. The van der Waals surface area contributed by atoms with Crippen molar-refractivity contribution in [2.24, 2.45) is 0 Å². The van der Waals surface area contributed by atoms with Crippen LogP contribution in [0.25, 0.3) is 0 Å². The zero-order chi connectivity index (χ0) is 46.6. The fraction of sp³-hybridized carbons (Fsp3) is 0.172. The Hall–Kier alpha value is -7.09. The molecule has 65 heavy (non-hydrogen) atoms. The minimum Gasteiger partial charge on any atom is -0.336 e. The summed E-state index contributed by atoms with van der Waals surface area (Å²) in [5.41, 5.74) is 11.9. The third-order valence-electron chi connectivity index (χ3n) is 10.9. The van der Waals surface area contributed by atoms with Crippen molar-refractivity contribution >= 4 is 56.0 Å². The van der Waals surface area contributed by atoms with Gasteiger partial charge in [-0.3, -0.25) is 10.8 Å². The van der Waals surface area contributed by atoms with E-state index in [-0.39, 0.29) is 0 Å². The first-order chi connectivity index (χ1) is 31.8. The van der Waals surface area contributed by atoms with Gasteiger partial charge in [-0.05, 0) is 106 Å². The lowest BCUT2D eigenvalue weighted by Gasteiger charge is -2.40. The highest BCUT2D eigenvalue weighted by Crippen LogP contribution is 2.52. The topological polar surface area (TPSA) is 60.7 Å². The molecule has 7 heteroatoms. The van der Waals surface area contributed by atoms with E-state index >= 15 is 0 Å². The Morgan fingerprint density at radius 2 is 1.15 bits per heavy atom. The summed E-state index contributed by atoms with van der Waals surface area (Å²) in [6, 6.07) is 32.9. The maximum absolute atomic E-state index is 9.02. The Kier molecular flexibility index (Phi) is 19.0. The number of nitrogens with one attached hydrogen (secondary N) is 2. The van der Waals surface area contributed by atoms with Gasteiger partial charge in [0.25, 0.3) is 0 Å². The third kappa shape index (κ3) is 12.1. The number of nitrogens with zero attached hydrogens (tertiary/aromatic N) is 4. The maximum Gasteiger partial charge on any atom is 0.100 e. The van der Waals surface area contributed by atoms with Crippen LogP contribution in [0.1, 0.15) is 64.0 Å². The number of rotatable bonds is 10. The Bertz CT molecular complexity index is 2470. The second kappa shape index (κ2) is 25.3. The maximum atomic E-state index is 9.02.